The summed E-state index contributed by atoms with van der Waals surface area (Å²) in [4.78, 5) is 12.4. The molecule has 0 N–H and O–H groups in total. The van der Waals surface area contributed by atoms with Gasteiger partial charge in [-0.3, -0.25) is 0 Å². The fraction of sp³-hybridized carbons (Fsp3) is 0.0526. The SMILES string of the molecule is COc1cc2ccccc2cc1C(=O)Oc1ccc(C#N)cc1. The van der Waals surface area contributed by atoms with E-state index in [-0.39, 0.29) is 0 Å². The summed E-state index contributed by atoms with van der Waals surface area (Å²) < 4.78 is 10.7. The van der Waals surface area contributed by atoms with Crippen molar-refractivity contribution in [1.82, 2.24) is 0 Å². The molecule has 3 aromatic rings. The molecule has 0 spiro atoms. The molecule has 0 radical (unpaired) electrons. The Balaban J connectivity index is 1.94. The fourth-order valence-electron chi connectivity index (χ4n) is 2.31. The Kier molecular flexibility index (Phi) is 3.94. The van der Waals surface area contributed by atoms with Crippen LogP contribution in [-0.2, 0) is 0 Å². The second-order valence-electron chi connectivity index (χ2n) is 4.93. The lowest BCUT2D eigenvalue weighted by molar-refractivity contribution is 0.0731. The number of benzene rings is 3. The molecule has 3 aromatic carbocycles. The molecule has 0 aliphatic carbocycles. The van der Waals surface area contributed by atoms with Gasteiger partial charge in [-0.2, -0.15) is 5.26 Å². The van der Waals surface area contributed by atoms with E-state index < -0.39 is 5.97 Å². The molecular weight excluding hydrogens is 290 g/mol. The van der Waals surface area contributed by atoms with Gasteiger partial charge >= 0.3 is 5.97 Å². The van der Waals surface area contributed by atoms with Gasteiger partial charge in [-0.05, 0) is 47.2 Å². The zero-order valence-corrected chi connectivity index (χ0v) is 12.4. The number of hydrogen-bond donors (Lipinski definition) is 0. The highest BCUT2D eigenvalue weighted by Gasteiger charge is 2.16. The van der Waals surface area contributed by atoms with E-state index in [4.69, 9.17) is 14.7 Å². The van der Waals surface area contributed by atoms with Crippen molar-refractivity contribution in [2.45, 2.75) is 0 Å². The highest BCUT2D eigenvalue weighted by molar-refractivity contribution is 5.99. The van der Waals surface area contributed by atoms with Gasteiger partial charge in [0.05, 0.1) is 18.7 Å². The largest absolute Gasteiger partial charge is 0.496 e. The maximum atomic E-state index is 12.4. The van der Waals surface area contributed by atoms with Crippen LogP contribution in [0.2, 0.25) is 0 Å². The third-order valence-corrected chi connectivity index (χ3v) is 3.48. The van der Waals surface area contributed by atoms with Gasteiger partial charge in [0.1, 0.15) is 17.1 Å². The topological polar surface area (TPSA) is 59.3 Å². The average Bonchev–Trinajstić information content (AvgIpc) is 2.61. The summed E-state index contributed by atoms with van der Waals surface area (Å²) in [7, 11) is 1.52. The predicted octanol–water partition coefficient (Wildman–Crippen LogP) is 3.94. The fourth-order valence-corrected chi connectivity index (χ4v) is 2.31. The Morgan fingerprint density at radius 2 is 1.65 bits per heavy atom. The molecule has 0 heterocycles. The molecule has 0 bridgehead atoms. The highest BCUT2D eigenvalue weighted by atomic mass is 16.5. The molecule has 0 saturated heterocycles. The number of methoxy groups -OCH3 is 1. The first kappa shape index (κ1) is 14.6. The van der Waals surface area contributed by atoms with E-state index in [0.29, 0.717) is 22.6 Å². The standard InChI is InChI=1S/C19H13NO3/c1-22-18-11-15-5-3-2-4-14(15)10-17(18)19(21)23-16-8-6-13(12-20)7-9-16/h2-11H,1H3. The van der Waals surface area contributed by atoms with Gasteiger partial charge in [-0.1, -0.05) is 24.3 Å². The van der Waals surface area contributed by atoms with E-state index in [9.17, 15) is 4.79 Å². The third kappa shape index (κ3) is 2.99. The normalized spacial score (nSPS) is 10.1. The Morgan fingerprint density at radius 1 is 1.00 bits per heavy atom. The van der Waals surface area contributed by atoms with Crippen LogP contribution in [0.5, 0.6) is 11.5 Å². The maximum absolute atomic E-state index is 12.4. The van der Waals surface area contributed by atoms with Gasteiger partial charge in [0, 0.05) is 0 Å². The molecule has 0 fully saturated rings. The molecule has 4 nitrogen and oxygen atoms in total. The molecule has 0 aliphatic rings. The van der Waals surface area contributed by atoms with Crippen molar-refractivity contribution in [2.24, 2.45) is 0 Å². The highest BCUT2D eigenvalue weighted by Crippen LogP contribution is 2.27. The van der Waals surface area contributed by atoms with Crippen LogP contribution in [-0.4, -0.2) is 13.1 Å². The van der Waals surface area contributed by atoms with Crippen LogP contribution in [0.25, 0.3) is 10.8 Å². The number of fused-ring (bicyclic) bond motifs is 1. The van der Waals surface area contributed by atoms with E-state index in [2.05, 4.69) is 0 Å². The molecule has 0 unspecified atom stereocenters. The van der Waals surface area contributed by atoms with Crippen molar-refractivity contribution >= 4 is 16.7 Å². The number of nitriles is 1. The molecule has 0 atom stereocenters. The number of rotatable bonds is 3. The summed E-state index contributed by atoms with van der Waals surface area (Å²) >= 11 is 0. The monoisotopic (exact) mass is 303 g/mol. The van der Waals surface area contributed by atoms with E-state index in [1.54, 1.807) is 30.3 Å². The number of esters is 1. The van der Waals surface area contributed by atoms with Crippen LogP contribution in [0.1, 0.15) is 15.9 Å². The summed E-state index contributed by atoms with van der Waals surface area (Å²) in [5, 5.41) is 10.7. The van der Waals surface area contributed by atoms with Crippen molar-refractivity contribution in [2.75, 3.05) is 7.11 Å². The lowest BCUT2D eigenvalue weighted by Gasteiger charge is -2.10. The summed E-state index contributed by atoms with van der Waals surface area (Å²) in [6.45, 7) is 0. The van der Waals surface area contributed by atoms with Crippen LogP contribution in [0, 0.1) is 11.3 Å². The van der Waals surface area contributed by atoms with Gasteiger partial charge in [0.2, 0.25) is 0 Å². The van der Waals surface area contributed by atoms with Crippen molar-refractivity contribution in [1.29, 1.82) is 5.26 Å². The first-order valence-electron chi connectivity index (χ1n) is 7.00. The quantitative estimate of drug-likeness (QED) is 0.543. The second kappa shape index (κ2) is 6.20. The van der Waals surface area contributed by atoms with Crippen molar-refractivity contribution in [3.8, 4) is 17.6 Å². The first-order chi connectivity index (χ1) is 11.2. The van der Waals surface area contributed by atoms with Crippen molar-refractivity contribution in [3.05, 3.63) is 71.8 Å². The summed E-state index contributed by atoms with van der Waals surface area (Å²) in [6.07, 6.45) is 0. The first-order valence-corrected chi connectivity index (χ1v) is 7.00. The Hall–Kier alpha value is -3.32. The Bertz CT molecular complexity index is 908. The summed E-state index contributed by atoms with van der Waals surface area (Å²) in [6, 6.07) is 19.7. The van der Waals surface area contributed by atoms with Gasteiger partial charge in [0.25, 0.3) is 0 Å². The molecule has 0 saturated carbocycles. The summed E-state index contributed by atoms with van der Waals surface area (Å²) in [5.41, 5.74) is 0.864. The molecule has 0 aliphatic heterocycles. The van der Waals surface area contributed by atoms with E-state index in [1.165, 1.54) is 7.11 Å². The molecule has 0 amide bonds. The Labute approximate surface area is 133 Å². The summed E-state index contributed by atoms with van der Waals surface area (Å²) in [5.74, 6) is 0.337. The second-order valence-corrected chi connectivity index (χ2v) is 4.93. The average molecular weight is 303 g/mol. The lowest BCUT2D eigenvalue weighted by Crippen LogP contribution is -2.10. The molecule has 0 aromatic heterocycles. The van der Waals surface area contributed by atoms with Crippen LogP contribution < -0.4 is 9.47 Å². The molecule has 3 rings (SSSR count). The minimum atomic E-state index is -0.502. The molecular formula is C19H13NO3. The molecule has 4 heteroatoms. The zero-order valence-electron chi connectivity index (χ0n) is 12.4. The molecule has 112 valence electrons. The predicted molar refractivity (Wildman–Crippen MR) is 86.6 cm³/mol. The van der Waals surface area contributed by atoms with Crippen molar-refractivity contribution < 1.29 is 14.3 Å². The van der Waals surface area contributed by atoms with Gasteiger partial charge < -0.3 is 9.47 Å². The number of ether oxygens (including phenoxy) is 2. The van der Waals surface area contributed by atoms with Crippen LogP contribution in [0.4, 0.5) is 0 Å². The molecule has 23 heavy (non-hydrogen) atoms. The van der Waals surface area contributed by atoms with Crippen molar-refractivity contribution in [3.63, 3.8) is 0 Å². The van der Waals surface area contributed by atoms with Crippen LogP contribution in [0.15, 0.2) is 60.7 Å². The van der Waals surface area contributed by atoms with E-state index in [0.717, 1.165) is 10.8 Å². The maximum Gasteiger partial charge on any atom is 0.347 e. The number of hydrogen-bond acceptors (Lipinski definition) is 4. The number of carbonyl (C=O) groups excluding carboxylic acids is 1. The minimum Gasteiger partial charge on any atom is -0.496 e. The minimum absolute atomic E-state index is 0.357. The third-order valence-electron chi connectivity index (χ3n) is 3.48. The Morgan fingerprint density at radius 3 is 2.26 bits per heavy atom. The van der Waals surface area contributed by atoms with Gasteiger partial charge in [-0.25, -0.2) is 4.79 Å². The number of nitrogens with zero attached hydrogens (tertiary/aromatic N) is 1. The van der Waals surface area contributed by atoms with E-state index >= 15 is 0 Å². The van der Waals surface area contributed by atoms with Crippen LogP contribution in [0.3, 0.4) is 0 Å². The van der Waals surface area contributed by atoms with Gasteiger partial charge in [0.15, 0.2) is 0 Å². The zero-order chi connectivity index (χ0) is 16.2. The van der Waals surface area contributed by atoms with Gasteiger partial charge in [-0.15, -0.1) is 0 Å². The van der Waals surface area contributed by atoms with E-state index in [1.807, 2.05) is 36.4 Å². The smallest absolute Gasteiger partial charge is 0.347 e. The lowest BCUT2D eigenvalue weighted by atomic mass is 10.1. The number of carbonyl (C=O) groups is 1. The van der Waals surface area contributed by atoms with Crippen LogP contribution >= 0.6 is 0 Å².